The summed E-state index contributed by atoms with van der Waals surface area (Å²) in [7, 11) is 0. The van der Waals surface area contributed by atoms with Crippen molar-refractivity contribution in [2.75, 3.05) is 6.61 Å². The van der Waals surface area contributed by atoms with E-state index in [2.05, 4.69) is 9.47 Å². The summed E-state index contributed by atoms with van der Waals surface area (Å²) < 4.78 is 109. The summed E-state index contributed by atoms with van der Waals surface area (Å²) in [5, 5.41) is 0. The molecule has 46 heavy (non-hydrogen) atoms. The van der Waals surface area contributed by atoms with Crippen LogP contribution in [0.1, 0.15) is 33.3 Å². The van der Waals surface area contributed by atoms with E-state index in [0.717, 1.165) is 27.7 Å². The van der Waals surface area contributed by atoms with Crippen LogP contribution in [-0.2, 0) is 54.2 Å². The molecule has 5 atom stereocenters. The molecule has 13 nitrogen and oxygen atoms in total. The summed E-state index contributed by atoms with van der Waals surface area (Å²) in [6.45, 7) is 3.15. The average Bonchev–Trinajstić information content (AvgIpc) is 2.98. The summed E-state index contributed by atoms with van der Waals surface area (Å²) in [6.07, 6.45) is -9.01. The maximum absolute atomic E-state index is 13.8. The second kappa shape index (κ2) is 15.3. The van der Waals surface area contributed by atoms with Crippen molar-refractivity contribution in [3.8, 4) is 11.5 Å². The average molecular weight is 664 g/mol. The Balaban J connectivity index is 1.77. The van der Waals surface area contributed by atoms with E-state index in [9.17, 15) is 45.9 Å². The van der Waals surface area contributed by atoms with Gasteiger partial charge in [-0.15, -0.1) is 0 Å². The first kappa shape index (κ1) is 35.5. The first-order valence-electron chi connectivity index (χ1n) is 13.0. The second-order valence-electron chi connectivity index (χ2n) is 9.37. The van der Waals surface area contributed by atoms with Gasteiger partial charge in [0.1, 0.15) is 25.1 Å². The summed E-state index contributed by atoms with van der Waals surface area (Å²) in [4.78, 5) is 59.1. The van der Waals surface area contributed by atoms with E-state index in [1.54, 1.807) is 0 Å². The molecule has 1 fully saturated rings. The number of carbonyl (C=O) groups excluding carboxylic acids is 5. The molecule has 1 saturated heterocycles. The molecular formula is C28H25F5O13. The van der Waals surface area contributed by atoms with Crippen molar-refractivity contribution in [1.29, 1.82) is 0 Å². The van der Waals surface area contributed by atoms with E-state index in [1.165, 1.54) is 24.3 Å². The van der Waals surface area contributed by atoms with Crippen molar-refractivity contribution in [2.24, 2.45) is 0 Å². The summed E-state index contributed by atoms with van der Waals surface area (Å²) in [5.41, 5.74) is 0.211. The fourth-order valence-electron chi connectivity index (χ4n) is 4.01. The topological polar surface area (TPSA) is 159 Å². The molecule has 0 aliphatic carbocycles. The Morgan fingerprint density at radius 1 is 0.652 bits per heavy atom. The quantitative estimate of drug-likeness (QED) is 0.0907. The molecule has 1 heterocycles. The predicted molar refractivity (Wildman–Crippen MR) is 136 cm³/mol. The van der Waals surface area contributed by atoms with Crippen molar-refractivity contribution in [1.82, 2.24) is 0 Å². The van der Waals surface area contributed by atoms with Gasteiger partial charge in [0, 0.05) is 27.7 Å². The van der Waals surface area contributed by atoms with Crippen LogP contribution in [-0.4, -0.2) is 67.3 Å². The lowest BCUT2D eigenvalue weighted by Crippen LogP contribution is -2.63. The Hall–Kier alpha value is -5.00. The van der Waals surface area contributed by atoms with E-state index in [4.69, 9.17) is 28.4 Å². The normalized spacial score (nSPS) is 20.6. The van der Waals surface area contributed by atoms with E-state index < -0.39 is 109 Å². The number of ether oxygens (including phenoxy) is 8. The monoisotopic (exact) mass is 664 g/mol. The van der Waals surface area contributed by atoms with E-state index in [1.807, 2.05) is 0 Å². The zero-order valence-corrected chi connectivity index (χ0v) is 24.3. The molecule has 3 rings (SSSR count). The first-order chi connectivity index (χ1) is 21.6. The highest BCUT2D eigenvalue weighted by molar-refractivity contribution is 5.69. The molecule has 1 aliphatic heterocycles. The van der Waals surface area contributed by atoms with E-state index >= 15 is 0 Å². The molecule has 0 radical (unpaired) electrons. The van der Waals surface area contributed by atoms with Crippen molar-refractivity contribution in [3.05, 3.63) is 58.9 Å². The standard InChI is InChI=1S/C28H25F5O13/c1-11(34)39-10-17-23(41-12(2)35)25(42-13(3)36)26(43-14(4)37)27(45-17)44-16-7-5-15(6-8-16)9-40-28(38)46-24-21(32)19(30)18(29)20(31)22(24)33/h5-8,17,23,25-27H,9-10H2,1-4H3/t17-,23+,25+,26-,27-/m1/s1. The third kappa shape index (κ3) is 9.02. The summed E-state index contributed by atoms with van der Waals surface area (Å²) in [5.74, 6) is -16.9. The van der Waals surface area contributed by atoms with Gasteiger partial charge in [-0.2, -0.15) is 8.78 Å². The van der Waals surface area contributed by atoms with Crippen LogP contribution >= 0.6 is 0 Å². The van der Waals surface area contributed by atoms with Gasteiger partial charge in [0.2, 0.25) is 47.2 Å². The van der Waals surface area contributed by atoms with Crippen LogP contribution in [0.25, 0.3) is 0 Å². The smallest absolute Gasteiger partial charge is 0.463 e. The Labute approximate surface area is 256 Å². The van der Waals surface area contributed by atoms with Crippen molar-refractivity contribution in [3.63, 3.8) is 0 Å². The molecule has 2 aromatic rings. The third-order valence-electron chi connectivity index (χ3n) is 5.84. The Bertz CT molecular complexity index is 1450. The third-order valence-corrected chi connectivity index (χ3v) is 5.84. The van der Waals surface area contributed by atoms with Crippen LogP contribution in [0.4, 0.5) is 26.7 Å². The fourth-order valence-corrected chi connectivity index (χ4v) is 4.01. The number of hydrogen-bond acceptors (Lipinski definition) is 13. The number of esters is 4. The zero-order chi connectivity index (χ0) is 34.3. The second-order valence-corrected chi connectivity index (χ2v) is 9.37. The Morgan fingerprint density at radius 2 is 1.15 bits per heavy atom. The van der Waals surface area contributed by atoms with Crippen LogP contribution < -0.4 is 9.47 Å². The van der Waals surface area contributed by atoms with Crippen LogP contribution in [0.5, 0.6) is 11.5 Å². The number of carbonyl (C=O) groups is 5. The Morgan fingerprint density at radius 3 is 1.67 bits per heavy atom. The van der Waals surface area contributed by atoms with Gasteiger partial charge >= 0.3 is 30.0 Å². The molecule has 18 heteroatoms. The largest absolute Gasteiger partial charge is 0.514 e. The predicted octanol–water partition coefficient (Wildman–Crippen LogP) is 3.56. The molecule has 0 spiro atoms. The zero-order valence-electron chi connectivity index (χ0n) is 24.3. The molecule has 0 unspecified atom stereocenters. The van der Waals surface area contributed by atoms with Crippen LogP contribution in [0, 0.1) is 29.1 Å². The molecule has 0 bridgehead atoms. The summed E-state index contributed by atoms with van der Waals surface area (Å²) >= 11 is 0. The van der Waals surface area contributed by atoms with Crippen molar-refractivity contribution in [2.45, 2.75) is 65.0 Å². The fraction of sp³-hybridized carbons (Fsp3) is 0.393. The maximum atomic E-state index is 13.8. The highest BCUT2D eigenvalue weighted by Crippen LogP contribution is 2.32. The molecule has 0 saturated carbocycles. The van der Waals surface area contributed by atoms with Gasteiger partial charge in [-0.1, -0.05) is 12.1 Å². The van der Waals surface area contributed by atoms with Gasteiger partial charge in [0.15, 0.2) is 12.2 Å². The molecule has 1 aliphatic rings. The van der Waals surface area contributed by atoms with Crippen molar-refractivity contribution >= 4 is 30.0 Å². The summed E-state index contributed by atoms with van der Waals surface area (Å²) in [6, 6.07) is 5.21. The van der Waals surface area contributed by atoms with Crippen LogP contribution in [0.3, 0.4) is 0 Å². The minimum atomic E-state index is -2.44. The molecule has 2 aromatic carbocycles. The highest BCUT2D eigenvalue weighted by Gasteiger charge is 2.53. The maximum Gasteiger partial charge on any atom is 0.514 e. The molecular weight excluding hydrogens is 639 g/mol. The van der Waals surface area contributed by atoms with Gasteiger partial charge in [-0.05, 0) is 17.7 Å². The molecule has 250 valence electrons. The van der Waals surface area contributed by atoms with Crippen LogP contribution in [0.15, 0.2) is 24.3 Å². The number of benzene rings is 2. The van der Waals surface area contributed by atoms with E-state index in [0.29, 0.717) is 0 Å². The van der Waals surface area contributed by atoms with Crippen LogP contribution in [0.2, 0.25) is 0 Å². The Kier molecular flexibility index (Phi) is 11.8. The molecule has 0 N–H and O–H groups in total. The van der Waals surface area contributed by atoms with Crippen molar-refractivity contribution < 1.29 is 83.8 Å². The van der Waals surface area contributed by atoms with Gasteiger partial charge in [0.05, 0.1) is 0 Å². The van der Waals surface area contributed by atoms with Gasteiger partial charge < -0.3 is 37.9 Å². The van der Waals surface area contributed by atoms with Gasteiger partial charge in [-0.3, -0.25) is 19.2 Å². The molecule has 0 amide bonds. The first-order valence-corrected chi connectivity index (χ1v) is 13.0. The lowest BCUT2D eigenvalue weighted by Gasteiger charge is -2.43. The van der Waals surface area contributed by atoms with Gasteiger partial charge in [0.25, 0.3) is 0 Å². The SMILES string of the molecule is CC(=O)OC[C@H]1O[C@@H](Oc2ccc(COC(=O)Oc3c(F)c(F)c(F)c(F)c3F)cc2)[C@H](OC(C)=O)[C@@H](OC(C)=O)[C@H]1OC(C)=O. The lowest BCUT2D eigenvalue weighted by molar-refractivity contribution is -0.288. The lowest BCUT2D eigenvalue weighted by atomic mass is 9.98. The number of rotatable bonds is 10. The number of halogens is 5. The van der Waals surface area contributed by atoms with E-state index in [-0.39, 0.29) is 11.3 Å². The highest BCUT2D eigenvalue weighted by atomic mass is 19.2. The van der Waals surface area contributed by atoms with Gasteiger partial charge in [-0.25, -0.2) is 18.0 Å². The number of hydrogen-bond donors (Lipinski definition) is 0. The molecule has 0 aromatic heterocycles. The minimum Gasteiger partial charge on any atom is -0.463 e. The minimum absolute atomic E-state index is 0.0219.